The molecule has 0 atom stereocenters. The van der Waals surface area contributed by atoms with Crippen LogP contribution in [0.3, 0.4) is 0 Å². The summed E-state index contributed by atoms with van der Waals surface area (Å²) in [6, 6.07) is 15.5. The molecule has 0 spiro atoms. The maximum absolute atomic E-state index is 12.0. The van der Waals surface area contributed by atoms with Crippen LogP contribution in [0.2, 0.25) is 0 Å². The van der Waals surface area contributed by atoms with Crippen molar-refractivity contribution < 1.29 is 14.4 Å². The Kier molecular flexibility index (Phi) is 4.77. The largest absolute Gasteiger partial charge is 0.295 e. The monoisotopic (exact) mass is 280 g/mol. The van der Waals surface area contributed by atoms with E-state index < -0.39 is 0 Å². The average Bonchev–Trinajstić information content (AvgIpc) is 2.53. The van der Waals surface area contributed by atoms with Gasteiger partial charge < -0.3 is 0 Å². The molecule has 106 valence electrons. The van der Waals surface area contributed by atoms with Gasteiger partial charge in [-0.1, -0.05) is 54.6 Å². The number of carbonyl (C=O) groups excluding carboxylic acids is 3. The van der Waals surface area contributed by atoms with E-state index >= 15 is 0 Å². The van der Waals surface area contributed by atoms with Crippen LogP contribution in [-0.2, 0) is 0 Å². The number of hydrogen-bond acceptors (Lipinski definition) is 3. The van der Waals surface area contributed by atoms with E-state index in [9.17, 15) is 14.4 Å². The van der Waals surface area contributed by atoms with Crippen molar-refractivity contribution in [1.29, 1.82) is 0 Å². The average molecular weight is 280 g/mol. The molecule has 0 aliphatic rings. The summed E-state index contributed by atoms with van der Waals surface area (Å²) < 4.78 is 0. The van der Waals surface area contributed by atoms with Crippen molar-refractivity contribution in [2.75, 3.05) is 0 Å². The maximum Gasteiger partial charge on any atom is 0.163 e. The van der Waals surface area contributed by atoms with Crippen LogP contribution >= 0.6 is 0 Å². The first-order chi connectivity index (χ1) is 10.1. The van der Waals surface area contributed by atoms with Crippen LogP contribution in [0.4, 0.5) is 0 Å². The van der Waals surface area contributed by atoms with Gasteiger partial charge in [-0.2, -0.15) is 0 Å². The van der Waals surface area contributed by atoms with Gasteiger partial charge in [0.05, 0.1) is 0 Å². The maximum atomic E-state index is 12.0. The van der Waals surface area contributed by atoms with E-state index in [1.807, 2.05) is 6.07 Å². The molecule has 2 aromatic rings. The summed E-state index contributed by atoms with van der Waals surface area (Å²) in [4.78, 5) is 35.1. The van der Waals surface area contributed by atoms with Gasteiger partial charge in [-0.05, 0) is 6.92 Å². The van der Waals surface area contributed by atoms with Gasteiger partial charge in [0, 0.05) is 29.5 Å². The second-order valence-electron chi connectivity index (χ2n) is 4.85. The van der Waals surface area contributed by atoms with Crippen LogP contribution < -0.4 is 0 Å². The molecule has 0 bridgehead atoms. The van der Waals surface area contributed by atoms with Gasteiger partial charge in [0.1, 0.15) is 0 Å². The molecule has 0 heterocycles. The minimum absolute atomic E-state index is 0.0340. The van der Waals surface area contributed by atoms with E-state index in [0.717, 1.165) is 0 Å². The minimum atomic E-state index is -0.0885. The minimum Gasteiger partial charge on any atom is -0.295 e. The third-order valence-electron chi connectivity index (χ3n) is 3.29. The third kappa shape index (κ3) is 3.96. The van der Waals surface area contributed by atoms with Gasteiger partial charge >= 0.3 is 0 Å². The van der Waals surface area contributed by atoms with E-state index in [4.69, 9.17) is 0 Å². The summed E-state index contributed by atoms with van der Waals surface area (Å²) in [5.41, 5.74) is 1.73. The Hall–Kier alpha value is -2.55. The second kappa shape index (κ2) is 6.75. The fourth-order valence-electron chi connectivity index (χ4n) is 2.03. The van der Waals surface area contributed by atoms with Crippen LogP contribution in [0.1, 0.15) is 50.8 Å². The van der Waals surface area contributed by atoms with Crippen LogP contribution in [0, 0.1) is 0 Å². The highest BCUT2D eigenvalue weighted by Gasteiger charge is 2.11. The van der Waals surface area contributed by atoms with Crippen LogP contribution in [-0.4, -0.2) is 17.3 Å². The molecule has 0 aromatic heterocycles. The molecule has 0 N–H and O–H groups in total. The van der Waals surface area contributed by atoms with E-state index in [1.165, 1.54) is 6.92 Å². The molecule has 3 heteroatoms. The predicted octanol–water partition coefficient (Wildman–Crippen LogP) is 3.74. The highest BCUT2D eigenvalue weighted by atomic mass is 16.1. The number of carbonyl (C=O) groups is 3. The zero-order valence-corrected chi connectivity index (χ0v) is 11.8. The number of hydrogen-bond donors (Lipinski definition) is 0. The molecule has 0 fully saturated rings. The van der Waals surface area contributed by atoms with Gasteiger partial charge in [-0.3, -0.25) is 14.4 Å². The normalized spacial score (nSPS) is 10.1. The fraction of sp³-hybridized carbons (Fsp3) is 0.167. The Bertz CT molecular complexity index is 655. The fourth-order valence-corrected chi connectivity index (χ4v) is 2.03. The Labute approximate surface area is 123 Å². The summed E-state index contributed by atoms with van der Waals surface area (Å²) in [7, 11) is 0. The summed E-state index contributed by atoms with van der Waals surface area (Å²) in [6.07, 6.45) is 0.366. The number of ketones is 3. The molecular formula is C18H16O3. The molecule has 0 aliphatic carbocycles. The molecule has 0 saturated carbocycles. The van der Waals surface area contributed by atoms with Gasteiger partial charge in [0.15, 0.2) is 17.3 Å². The van der Waals surface area contributed by atoms with Crippen molar-refractivity contribution >= 4 is 17.3 Å². The van der Waals surface area contributed by atoms with Crippen molar-refractivity contribution in [3.05, 3.63) is 71.3 Å². The summed E-state index contributed by atoms with van der Waals surface area (Å²) in [5.74, 6) is -0.160. The van der Waals surface area contributed by atoms with Gasteiger partial charge in [-0.15, -0.1) is 0 Å². The number of Topliss-reactive ketones (excluding diaryl/α,β-unsaturated/α-hetero) is 3. The molecule has 2 rings (SSSR count). The zero-order chi connectivity index (χ0) is 15.2. The Morgan fingerprint density at radius 1 is 0.667 bits per heavy atom. The lowest BCUT2D eigenvalue weighted by Crippen LogP contribution is -2.05. The Balaban J connectivity index is 1.96. The van der Waals surface area contributed by atoms with Crippen molar-refractivity contribution in [1.82, 2.24) is 0 Å². The lowest BCUT2D eigenvalue weighted by atomic mass is 10.0. The quantitative estimate of drug-likeness (QED) is 0.757. The number of benzene rings is 2. The van der Waals surface area contributed by atoms with Crippen molar-refractivity contribution in [2.24, 2.45) is 0 Å². The first kappa shape index (κ1) is 14.9. The third-order valence-corrected chi connectivity index (χ3v) is 3.29. The lowest BCUT2D eigenvalue weighted by molar-refractivity contribution is 0.0917. The van der Waals surface area contributed by atoms with Crippen LogP contribution in [0.25, 0.3) is 0 Å². The summed E-state index contributed by atoms with van der Waals surface area (Å²) in [6.45, 7) is 1.48. The summed E-state index contributed by atoms with van der Waals surface area (Å²) in [5, 5.41) is 0. The predicted molar refractivity (Wildman–Crippen MR) is 80.8 cm³/mol. The molecule has 0 unspecified atom stereocenters. The highest BCUT2D eigenvalue weighted by Crippen LogP contribution is 2.11. The Morgan fingerprint density at radius 3 is 1.57 bits per heavy atom. The first-order valence-corrected chi connectivity index (χ1v) is 6.80. The van der Waals surface area contributed by atoms with Gasteiger partial charge in [0.2, 0.25) is 0 Å². The first-order valence-electron chi connectivity index (χ1n) is 6.80. The molecule has 0 amide bonds. The van der Waals surface area contributed by atoms with Crippen LogP contribution in [0.5, 0.6) is 0 Å². The summed E-state index contributed by atoms with van der Waals surface area (Å²) >= 11 is 0. The second-order valence-corrected chi connectivity index (χ2v) is 4.85. The molecule has 21 heavy (non-hydrogen) atoms. The van der Waals surface area contributed by atoms with Gasteiger partial charge in [-0.25, -0.2) is 0 Å². The van der Waals surface area contributed by atoms with E-state index in [2.05, 4.69) is 0 Å². The van der Waals surface area contributed by atoms with Crippen molar-refractivity contribution in [2.45, 2.75) is 19.8 Å². The lowest BCUT2D eigenvalue weighted by Gasteiger charge is -2.02. The van der Waals surface area contributed by atoms with E-state index in [0.29, 0.717) is 16.7 Å². The molecule has 0 aliphatic heterocycles. The molecule has 3 nitrogen and oxygen atoms in total. The molecule has 0 saturated heterocycles. The van der Waals surface area contributed by atoms with Gasteiger partial charge in [0.25, 0.3) is 0 Å². The Morgan fingerprint density at radius 2 is 1.10 bits per heavy atom. The highest BCUT2D eigenvalue weighted by molar-refractivity contribution is 6.02. The SMILES string of the molecule is CC(=O)c1ccc(C(=O)CCC(=O)c2ccccc2)cc1. The number of rotatable bonds is 6. The zero-order valence-electron chi connectivity index (χ0n) is 11.8. The molecule has 2 aromatic carbocycles. The van der Waals surface area contributed by atoms with Crippen molar-refractivity contribution in [3.8, 4) is 0 Å². The molecular weight excluding hydrogens is 264 g/mol. The molecule has 0 radical (unpaired) electrons. The van der Waals surface area contributed by atoms with Crippen LogP contribution in [0.15, 0.2) is 54.6 Å². The van der Waals surface area contributed by atoms with E-state index in [1.54, 1.807) is 48.5 Å². The topological polar surface area (TPSA) is 51.2 Å². The van der Waals surface area contributed by atoms with Crippen molar-refractivity contribution in [3.63, 3.8) is 0 Å². The van der Waals surface area contributed by atoms with E-state index in [-0.39, 0.29) is 30.2 Å². The standard InChI is InChI=1S/C18H16O3/c1-13(19)14-7-9-16(10-8-14)18(21)12-11-17(20)15-5-3-2-4-6-15/h2-10H,11-12H2,1H3. The smallest absolute Gasteiger partial charge is 0.163 e.